The van der Waals surface area contributed by atoms with E-state index >= 15 is 0 Å². The maximum atomic E-state index is 13.4. The molecule has 1 aliphatic heterocycles. The summed E-state index contributed by atoms with van der Waals surface area (Å²) in [7, 11) is 0. The third kappa shape index (κ3) is 4.40. The Kier molecular flexibility index (Phi) is 6.33. The Hall–Kier alpha value is -1.75. The Balaban J connectivity index is 1.74. The number of benzene rings is 2. The van der Waals surface area contributed by atoms with Gasteiger partial charge in [-0.05, 0) is 60.4 Å². The largest absolute Gasteiger partial charge is 0.283 e. The lowest BCUT2D eigenvalue weighted by Crippen LogP contribution is -2.44. The zero-order valence-corrected chi connectivity index (χ0v) is 18.5. The summed E-state index contributed by atoms with van der Waals surface area (Å²) in [6, 6.07) is 15.4. The number of carbonyl (C=O) groups excluding carboxylic acids is 1. The van der Waals surface area contributed by atoms with E-state index in [1.165, 1.54) is 18.2 Å². The normalized spacial score (nSPS) is 25.2. The number of para-hydroxylation sites is 1. The van der Waals surface area contributed by atoms with Crippen LogP contribution in [0, 0.1) is 5.92 Å². The average molecular weight is 445 g/mol. The lowest BCUT2D eigenvalue weighted by Gasteiger charge is -2.35. The molecule has 0 bridgehead atoms. The molecule has 1 saturated carbocycles. The van der Waals surface area contributed by atoms with Crippen molar-refractivity contribution in [3.8, 4) is 0 Å². The van der Waals surface area contributed by atoms with E-state index in [4.69, 9.17) is 28.2 Å². The predicted octanol–water partition coefficient (Wildman–Crippen LogP) is 7.18. The highest BCUT2D eigenvalue weighted by Crippen LogP contribution is 2.41. The summed E-state index contributed by atoms with van der Waals surface area (Å²) >= 11 is 13.9. The summed E-state index contributed by atoms with van der Waals surface area (Å²) in [6.45, 7) is 2.23. The summed E-state index contributed by atoms with van der Waals surface area (Å²) in [4.78, 5) is 20.8. The quantitative estimate of drug-likeness (QED) is 0.469. The van der Waals surface area contributed by atoms with E-state index in [2.05, 4.69) is 6.92 Å². The third-order valence-corrected chi connectivity index (χ3v) is 7.30. The SMILES string of the molecule is C[C@H]1CCCC[C@H]1N1C(=O)/C(=C/c2cccc(Cl)c2Cl)SC1=Nc1ccccc1. The minimum atomic E-state index is -0.000488. The van der Waals surface area contributed by atoms with Crippen LogP contribution < -0.4 is 0 Å². The zero-order valence-electron chi connectivity index (χ0n) is 16.1. The van der Waals surface area contributed by atoms with Crippen LogP contribution in [0.2, 0.25) is 10.0 Å². The minimum Gasteiger partial charge on any atom is -0.283 e. The second kappa shape index (κ2) is 8.95. The Bertz CT molecular complexity index is 974. The fraction of sp³-hybridized carbons (Fsp3) is 0.304. The van der Waals surface area contributed by atoms with E-state index < -0.39 is 0 Å². The van der Waals surface area contributed by atoms with Crippen LogP contribution in [0.1, 0.15) is 38.2 Å². The molecule has 3 nitrogen and oxygen atoms in total. The number of hydrogen-bond acceptors (Lipinski definition) is 3. The number of carbonyl (C=O) groups is 1. The van der Waals surface area contributed by atoms with Crippen molar-refractivity contribution in [2.75, 3.05) is 0 Å². The molecule has 2 aromatic rings. The van der Waals surface area contributed by atoms with Crippen LogP contribution in [-0.2, 0) is 4.79 Å². The number of amides is 1. The molecule has 2 atom stereocenters. The van der Waals surface area contributed by atoms with Crippen molar-refractivity contribution in [2.45, 2.75) is 38.6 Å². The number of thioether (sulfide) groups is 1. The molecular weight excluding hydrogens is 423 g/mol. The summed E-state index contributed by atoms with van der Waals surface area (Å²) < 4.78 is 0. The molecular formula is C23H22Cl2N2OS. The highest BCUT2D eigenvalue weighted by molar-refractivity contribution is 8.18. The molecule has 2 fully saturated rings. The topological polar surface area (TPSA) is 32.7 Å². The van der Waals surface area contributed by atoms with Crippen molar-refractivity contribution in [1.82, 2.24) is 4.90 Å². The van der Waals surface area contributed by atoms with Crippen molar-refractivity contribution >= 4 is 57.8 Å². The molecule has 1 heterocycles. The Morgan fingerprint density at radius 1 is 1.07 bits per heavy atom. The molecule has 150 valence electrons. The van der Waals surface area contributed by atoms with Crippen LogP contribution in [0.4, 0.5) is 5.69 Å². The molecule has 0 radical (unpaired) electrons. The van der Waals surface area contributed by atoms with Gasteiger partial charge in [0.05, 0.1) is 20.6 Å². The molecule has 1 aliphatic carbocycles. The van der Waals surface area contributed by atoms with Gasteiger partial charge in [-0.25, -0.2) is 4.99 Å². The lowest BCUT2D eigenvalue weighted by atomic mass is 9.85. The van der Waals surface area contributed by atoms with E-state index in [1.54, 1.807) is 6.07 Å². The van der Waals surface area contributed by atoms with Gasteiger partial charge >= 0.3 is 0 Å². The second-order valence-electron chi connectivity index (χ2n) is 7.49. The second-order valence-corrected chi connectivity index (χ2v) is 9.28. The van der Waals surface area contributed by atoms with Gasteiger partial charge in [0, 0.05) is 6.04 Å². The number of amidine groups is 1. The molecule has 1 saturated heterocycles. The molecule has 1 amide bonds. The first-order chi connectivity index (χ1) is 14.0. The minimum absolute atomic E-state index is 0.000488. The highest BCUT2D eigenvalue weighted by atomic mass is 35.5. The molecule has 4 rings (SSSR count). The average Bonchev–Trinajstić information content (AvgIpc) is 3.01. The van der Waals surface area contributed by atoms with Gasteiger partial charge in [-0.15, -0.1) is 0 Å². The van der Waals surface area contributed by atoms with Crippen LogP contribution in [0.5, 0.6) is 0 Å². The Morgan fingerprint density at radius 3 is 2.59 bits per heavy atom. The van der Waals surface area contributed by atoms with Crippen LogP contribution in [0.25, 0.3) is 6.08 Å². The Labute approximate surface area is 185 Å². The first-order valence-corrected chi connectivity index (χ1v) is 11.4. The van der Waals surface area contributed by atoms with Gasteiger partial charge < -0.3 is 0 Å². The van der Waals surface area contributed by atoms with Crippen LogP contribution in [0.15, 0.2) is 58.4 Å². The fourth-order valence-corrected chi connectivity index (χ4v) is 5.32. The number of nitrogens with zero attached hydrogens (tertiary/aromatic N) is 2. The van der Waals surface area contributed by atoms with E-state index in [1.807, 2.05) is 53.4 Å². The molecule has 29 heavy (non-hydrogen) atoms. The first kappa shape index (κ1) is 20.5. The molecule has 0 N–H and O–H groups in total. The smallest absolute Gasteiger partial charge is 0.267 e. The Morgan fingerprint density at radius 2 is 1.83 bits per heavy atom. The van der Waals surface area contributed by atoms with Crippen molar-refractivity contribution < 1.29 is 4.79 Å². The first-order valence-electron chi connectivity index (χ1n) is 9.85. The summed E-state index contributed by atoms with van der Waals surface area (Å²) in [5, 5.41) is 1.68. The number of rotatable bonds is 3. The number of hydrogen-bond donors (Lipinski definition) is 0. The van der Waals surface area contributed by atoms with Crippen LogP contribution in [-0.4, -0.2) is 22.0 Å². The number of aliphatic imine (C=N–C) groups is 1. The maximum Gasteiger partial charge on any atom is 0.267 e. The molecule has 0 spiro atoms. The van der Waals surface area contributed by atoms with E-state index in [9.17, 15) is 4.79 Å². The van der Waals surface area contributed by atoms with Crippen molar-refractivity contribution in [3.63, 3.8) is 0 Å². The molecule has 0 aromatic heterocycles. The zero-order chi connectivity index (χ0) is 20.4. The van der Waals surface area contributed by atoms with Gasteiger partial charge in [-0.3, -0.25) is 9.69 Å². The third-order valence-electron chi connectivity index (χ3n) is 5.48. The predicted molar refractivity (Wildman–Crippen MR) is 124 cm³/mol. The van der Waals surface area contributed by atoms with Crippen LogP contribution in [0.3, 0.4) is 0 Å². The van der Waals surface area contributed by atoms with Crippen LogP contribution >= 0.6 is 35.0 Å². The monoisotopic (exact) mass is 444 g/mol. The van der Waals surface area contributed by atoms with Crippen molar-refractivity contribution in [2.24, 2.45) is 10.9 Å². The van der Waals surface area contributed by atoms with Crippen molar-refractivity contribution in [3.05, 3.63) is 69.0 Å². The highest BCUT2D eigenvalue weighted by Gasteiger charge is 2.41. The summed E-state index contributed by atoms with van der Waals surface area (Å²) in [5.41, 5.74) is 1.59. The van der Waals surface area contributed by atoms with Gasteiger partial charge in [0.25, 0.3) is 5.91 Å². The van der Waals surface area contributed by atoms with E-state index in [0.29, 0.717) is 20.9 Å². The lowest BCUT2D eigenvalue weighted by molar-refractivity contribution is -0.124. The van der Waals surface area contributed by atoms with Gasteiger partial charge in [0.2, 0.25) is 0 Å². The van der Waals surface area contributed by atoms with Gasteiger partial charge in [0.1, 0.15) is 0 Å². The van der Waals surface area contributed by atoms with Gasteiger partial charge in [-0.1, -0.05) is 73.3 Å². The number of halogens is 2. The van der Waals surface area contributed by atoms with Crippen molar-refractivity contribution in [1.29, 1.82) is 0 Å². The standard InChI is InChI=1S/C23H22Cl2N2OS/c1-15-8-5-6-13-19(15)27-22(28)20(14-16-9-7-12-18(24)21(16)25)29-23(27)26-17-10-3-2-4-11-17/h2-4,7,9-12,14-15,19H,5-6,8,13H2,1H3/b20-14-,26-23?/t15-,19+/m0/s1. The van der Waals surface area contributed by atoms with E-state index in [-0.39, 0.29) is 11.9 Å². The van der Waals surface area contributed by atoms with Gasteiger partial charge in [-0.2, -0.15) is 0 Å². The molecule has 2 aromatic carbocycles. The van der Waals surface area contributed by atoms with Gasteiger partial charge in [0.15, 0.2) is 5.17 Å². The maximum absolute atomic E-state index is 13.4. The molecule has 0 unspecified atom stereocenters. The molecule has 2 aliphatic rings. The molecule has 6 heteroatoms. The van der Waals surface area contributed by atoms with E-state index in [0.717, 1.165) is 35.7 Å². The fourth-order valence-electron chi connectivity index (χ4n) is 3.92. The summed E-state index contributed by atoms with van der Waals surface area (Å²) in [6.07, 6.45) is 6.33. The summed E-state index contributed by atoms with van der Waals surface area (Å²) in [5.74, 6) is 0.447.